The Kier molecular flexibility index (Phi) is 5.59. The summed E-state index contributed by atoms with van der Waals surface area (Å²) < 4.78 is 0. The number of rotatable bonds is 6. The molecule has 1 aliphatic heterocycles. The number of nitrogens with two attached hydrogens (primary N) is 1. The van der Waals surface area contributed by atoms with Crippen molar-refractivity contribution in [2.24, 2.45) is 16.8 Å². The maximum Gasteiger partial charge on any atom is 0.270 e. The molecule has 2 N–H and O–H groups in total. The summed E-state index contributed by atoms with van der Waals surface area (Å²) in [5.74, 6) is -0.246. The molecule has 0 bridgehead atoms. The van der Waals surface area contributed by atoms with Crippen LogP contribution in [0.4, 0.5) is 5.69 Å². The first-order chi connectivity index (χ1) is 11.3. The monoisotopic (exact) mass is 330 g/mol. The molecule has 0 aliphatic carbocycles. The van der Waals surface area contributed by atoms with Crippen molar-refractivity contribution in [3.05, 3.63) is 30.3 Å². The molecule has 1 atom stereocenters. The third kappa shape index (κ3) is 3.93. The average molecular weight is 330 g/mol. The van der Waals surface area contributed by atoms with E-state index >= 15 is 0 Å². The van der Waals surface area contributed by atoms with E-state index in [1.54, 1.807) is 9.91 Å². The van der Waals surface area contributed by atoms with Gasteiger partial charge < -0.3 is 10.6 Å². The molecule has 6 nitrogen and oxygen atoms in total. The van der Waals surface area contributed by atoms with Crippen molar-refractivity contribution in [3.8, 4) is 0 Å². The molecule has 0 fully saturated rings. The van der Waals surface area contributed by atoms with Gasteiger partial charge in [0.25, 0.3) is 5.91 Å². The molecule has 1 heterocycles. The number of carbonyl (C=O) groups excluding carboxylic acids is 2. The van der Waals surface area contributed by atoms with E-state index in [1.807, 2.05) is 44.2 Å². The van der Waals surface area contributed by atoms with E-state index in [2.05, 4.69) is 18.9 Å². The lowest BCUT2D eigenvalue weighted by Gasteiger charge is -2.28. The molecule has 130 valence electrons. The highest BCUT2D eigenvalue weighted by Crippen LogP contribution is 2.25. The lowest BCUT2D eigenvalue weighted by Crippen LogP contribution is -2.44. The number of nitrogens with zero attached hydrogens (tertiary/aromatic N) is 3. The Morgan fingerprint density at radius 1 is 1.25 bits per heavy atom. The molecule has 0 spiro atoms. The zero-order chi connectivity index (χ0) is 17.9. The van der Waals surface area contributed by atoms with E-state index in [1.165, 1.54) is 0 Å². The van der Waals surface area contributed by atoms with Crippen LogP contribution in [-0.4, -0.2) is 41.1 Å². The molecule has 0 saturated heterocycles. The summed E-state index contributed by atoms with van der Waals surface area (Å²) in [6, 6.07) is 8.75. The minimum atomic E-state index is -0.626. The fraction of sp³-hybridized carbons (Fsp3) is 0.500. The Morgan fingerprint density at radius 3 is 2.38 bits per heavy atom. The number of para-hydroxylation sites is 1. The van der Waals surface area contributed by atoms with Gasteiger partial charge in [-0.3, -0.25) is 14.6 Å². The second-order valence-electron chi connectivity index (χ2n) is 6.79. The van der Waals surface area contributed by atoms with Gasteiger partial charge >= 0.3 is 0 Å². The van der Waals surface area contributed by atoms with Gasteiger partial charge in [0.15, 0.2) is 0 Å². The summed E-state index contributed by atoms with van der Waals surface area (Å²) in [4.78, 5) is 26.5. The molecular weight excluding hydrogens is 304 g/mol. The van der Waals surface area contributed by atoms with Gasteiger partial charge in [0.05, 0.1) is 5.69 Å². The maximum atomic E-state index is 12.9. The van der Waals surface area contributed by atoms with Crippen LogP contribution in [0.3, 0.4) is 0 Å². The topological polar surface area (TPSA) is 79.0 Å². The van der Waals surface area contributed by atoms with Crippen LogP contribution in [0.1, 0.15) is 34.1 Å². The van der Waals surface area contributed by atoms with Gasteiger partial charge in [-0.15, -0.1) is 0 Å². The third-order valence-electron chi connectivity index (χ3n) is 3.95. The molecule has 0 saturated carbocycles. The lowest BCUT2D eigenvalue weighted by atomic mass is 10.1. The number of hydrazone groups is 1. The fourth-order valence-corrected chi connectivity index (χ4v) is 2.77. The maximum absolute atomic E-state index is 12.9. The number of benzene rings is 1. The lowest BCUT2D eigenvalue weighted by molar-refractivity contribution is -0.126. The van der Waals surface area contributed by atoms with Crippen LogP contribution >= 0.6 is 0 Å². The number of hydrogen-bond acceptors (Lipinski definition) is 4. The van der Waals surface area contributed by atoms with Crippen LogP contribution in [0, 0.1) is 5.92 Å². The molecule has 2 rings (SSSR count). The van der Waals surface area contributed by atoms with Gasteiger partial charge in [-0.2, -0.15) is 5.10 Å². The summed E-state index contributed by atoms with van der Waals surface area (Å²) in [5.41, 5.74) is 6.67. The first kappa shape index (κ1) is 18.0. The third-order valence-corrected chi connectivity index (χ3v) is 3.95. The van der Waals surface area contributed by atoms with E-state index < -0.39 is 11.9 Å². The minimum Gasteiger partial charge on any atom is -0.368 e. The molecule has 1 unspecified atom stereocenters. The Balaban J connectivity index is 2.29. The second kappa shape index (κ2) is 7.47. The van der Waals surface area contributed by atoms with Crippen molar-refractivity contribution < 1.29 is 9.59 Å². The number of amides is 2. The van der Waals surface area contributed by atoms with Crippen molar-refractivity contribution in [1.29, 1.82) is 0 Å². The normalized spacial score (nSPS) is 17.3. The van der Waals surface area contributed by atoms with Crippen molar-refractivity contribution in [2.75, 3.05) is 11.6 Å². The Morgan fingerprint density at radius 2 is 1.88 bits per heavy atom. The zero-order valence-electron chi connectivity index (χ0n) is 14.8. The van der Waals surface area contributed by atoms with Crippen molar-refractivity contribution >= 4 is 23.2 Å². The number of hydrogen-bond donors (Lipinski definition) is 1. The molecule has 0 radical (unpaired) electrons. The van der Waals surface area contributed by atoms with Crippen LogP contribution in [-0.2, 0) is 9.59 Å². The highest BCUT2D eigenvalue weighted by Gasteiger charge is 2.37. The van der Waals surface area contributed by atoms with Crippen LogP contribution in [0.5, 0.6) is 0 Å². The van der Waals surface area contributed by atoms with Gasteiger partial charge in [-0.05, 0) is 31.9 Å². The van der Waals surface area contributed by atoms with Gasteiger partial charge in [0, 0.05) is 19.0 Å². The number of carbonyl (C=O) groups is 2. The smallest absolute Gasteiger partial charge is 0.270 e. The van der Waals surface area contributed by atoms with Gasteiger partial charge in [0.1, 0.15) is 11.8 Å². The van der Waals surface area contributed by atoms with Crippen molar-refractivity contribution in [2.45, 2.75) is 46.2 Å². The first-order valence-electron chi connectivity index (χ1n) is 8.33. The molecule has 2 amide bonds. The Bertz CT molecular complexity index is 625. The van der Waals surface area contributed by atoms with Crippen molar-refractivity contribution in [1.82, 2.24) is 4.90 Å². The predicted molar refractivity (Wildman–Crippen MR) is 95.6 cm³/mol. The van der Waals surface area contributed by atoms with E-state index in [4.69, 9.17) is 5.73 Å². The quantitative estimate of drug-likeness (QED) is 0.866. The Hall–Kier alpha value is -2.37. The molecular formula is C18H26N4O2. The molecule has 0 aromatic heterocycles. The standard InChI is InChI=1S/C18H26N4O2/c1-12(2)11-21(13(3)4)18(24)15-10-16(17(19)23)22(20-15)14-8-6-5-7-9-14/h5-9,12-13,16H,10-11H2,1-4H3,(H2,19,23). The summed E-state index contributed by atoms with van der Waals surface area (Å²) in [6.45, 7) is 8.76. The van der Waals surface area contributed by atoms with Crippen LogP contribution < -0.4 is 10.7 Å². The van der Waals surface area contributed by atoms with E-state index in [-0.39, 0.29) is 18.4 Å². The zero-order valence-corrected chi connectivity index (χ0v) is 14.8. The summed E-state index contributed by atoms with van der Waals surface area (Å²) in [7, 11) is 0. The summed E-state index contributed by atoms with van der Waals surface area (Å²) >= 11 is 0. The molecule has 1 aromatic carbocycles. The predicted octanol–water partition coefficient (Wildman–Crippen LogP) is 2.00. The largest absolute Gasteiger partial charge is 0.368 e. The molecule has 1 aliphatic rings. The van der Waals surface area contributed by atoms with Crippen LogP contribution in [0.15, 0.2) is 35.4 Å². The number of primary amides is 1. The van der Waals surface area contributed by atoms with Gasteiger partial charge in [0.2, 0.25) is 5.91 Å². The fourth-order valence-electron chi connectivity index (χ4n) is 2.77. The van der Waals surface area contributed by atoms with Gasteiger partial charge in [-0.1, -0.05) is 32.0 Å². The highest BCUT2D eigenvalue weighted by atomic mass is 16.2. The first-order valence-corrected chi connectivity index (χ1v) is 8.33. The number of anilines is 1. The van der Waals surface area contributed by atoms with Crippen molar-refractivity contribution in [3.63, 3.8) is 0 Å². The Labute approximate surface area is 143 Å². The van der Waals surface area contributed by atoms with E-state index in [0.29, 0.717) is 18.2 Å². The second-order valence-corrected chi connectivity index (χ2v) is 6.79. The SMILES string of the molecule is CC(C)CN(C(=O)C1=NN(c2ccccc2)C(C(N)=O)C1)C(C)C. The van der Waals surface area contributed by atoms with Crippen LogP contribution in [0.25, 0.3) is 0 Å². The van der Waals surface area contributed by atoms with E-state index in [9.17, 15) is 9.59 Å². The average Bonchev–Trinajstić information content (AvgIpc) is 2.98. The summed E-state index contributed by atoms with van der Waals surface area (Å²) in [5, 5.41) is 5.99. The molecule has 24 heavy (non-hydrogen) atoms. The van der Waals surface area contributed by atoms with Gasteiger partial charge in [-0.25, -0.2) is 0 Å². The van der Waals surface area contributed by atoms with Crippen LogP contribution in [0.2, 0.25) is 0 Å². The summed E-state index contributed by atoms with van der Waals surface area (Å²) in [6.07, 6.45) is 0.240. The highest BCUT2D eigenvalue weighted by molar-refractivity contribution is 6.40. The minimum absolute atomic E-state index is 0.0698. The molecule has 6 heteroatoms. The van der Waals surface area contributed by atoms with E-state index in [0.717, 1.165) is 5.69 Å². The molecule has 1 aromatic rings.